The summed E-state index contributed by atoms with van der Waals surface area (Å²) >= 11 is 6.26. The van der Waals surface area contributed by atoms with Crippen LogP contribution in [0.3, 0.4) is 0 Å². The molecule has 3 aromatic carbocycles. The van der Waals surface area contributed by atoms with Crippen molar-refractivity contribution in [2.45, 2.75) is 6.54 Å². The van der Waals surface area contributed by atoms with Crippen LogP contribution in [-0.2, 0) is 6.54 Å². The standard InChI is InChI=1S/C22H17ClN2/c23-19-11-5-4-10-18(19)14-15-22-24-20-12-6-7-13-21(20)25(22)16-17-8-2-1-3-9-17/h1-15H,16H2. The lowest BCUT2D eigenvalue weighted by Crippen LogP contribution is -2.01. The molecule has 0 aliphatic carbocycles. The van der Waals surface area contributed by atoms with Crippen molar-refractivity contribution in [3.8, 4) is 0 Å². The fourth-order valence-electron chi connectivity index (χ4n) is 2.93. The van der Waals surface area contributed by atoms with Gasteiger partial charge in [0.05, 0.1) is 11.0 Å². The molecule has 0 N–H and O–H groups in total. The largest absolute Gasteiger partial charge is 0.320 e. The van der Waals surface area contributed by atoms with Crippen LogP contribution < -0.4 is 0 Å². The van der Waals surface area contributed by atoms with Gasteiger partial charge in [0, 0.05) is 11.6 Å². The van der Waals surface area contributed by atoms with Crippen LogP contribution >= 0.6 is 11.6 Å². The minimum absolute atomic E-state index is 0.740. The van der Waals surface area contributed by atoms with Crippen molar-refractivity contribution in [3.63, 3.8) is 0 Å². The number of aromatic nitrogens is 2. The Kier molecular flexibility index (Phi) is 4.36. The van der Waals surface area contributed by atoms with Gasteiger partial charge < -0.3 is 4.57 Å². The van der Waals surface area contributed by atoms with Crippen molar-refractivity contribution in [2.75, 3.05) is 0 Å². The van der Waals surface area contributed by atoms with Crippen LogP contribution in [0.15, 0.2) is 78.9 Å². The Labute approximate surface area is 152 Å². The smallest absolute Gasteiger partial charge is 0.134 e. The topological polar surface area (TPSA) is 17.8 Å². The normalized spacial score (nSPS) is 11.4. The number of benzene rings is 3. The highest BCUT2D eigenvalue weighted by atomic mass is 35.5. The van der Waals surface area contributed by atoms with Gasteiger partial charge in [-0.05, 0) is 41.5 Å². The van der Waals surface area contributed by atoms with E-state index in [1.54, 1.807) is 0 Å². The molecule has 0 aliphatic rings. The number of para-hydroxylation sites is 2. The van der Waals surface area contributed by atoms with E-state index < -0.39 is 0 Å². The highest BCUT2D eigenvalue weighted by Crippen LogP contribution is 2.21. The molecule has 1 heterocycles. The van der Waals surface area contributed by atoms with Gasteiger partial charge in [-0.1, -0.05) is 72.3 Å². The number of hydrogen-bond acceptors (Lipinski definition) is 1. The van der Waals surface area contributed by atoms with Crippen LogP contribution in [0.25, 0.3) is 23.2 Å². The maximum Gasteiger partial charge on any atom is 0.134 e. The Bertz CT molecular complexity index is 1030. The first-order valence-corrected chi connectivity index (χ1v) is 8.61. The summed E-state index contributed by atoms with van der Waals surface area (Å²) in [6.45, 7) is 0.781. The average molecular weight is 345 g/mol. The summed E-state index contributed by atoms with van der Waals surface area (Å²) in [7, 11) is 0. The molecule has 0 saturated heterocycles. The van der Waals surface area contributed by atoms with Crippen LogP contribution in [0, 0.1) is 0 Å². The third-order valence-corrected chi connectivity index (χ3v) is 4.53. The van der Waals surface area contributed by atoms with E-state index in [0.29, 0.717) is 0 Å². The molecule has 0 spiro atoms. The molecule has 25 heavy (non-hydrogen) atoms. The number of rotatable bonds is 4. The molecule has 3 heteroatoms. The summed E-state index contributed by atoms with van der Waals surface area (Å²) in [5, 5.41) is 0.740. The highest BCUT2D eigenvalue weighted by molar-refractivity contribution is 6.32. The molecular weight excluding hydrogens is 328 g/mol. The van der Waals surface area contributed by atoms with Gasteiger partial charge in [0.15, 0.2) is 0 Å². The maximum atomic E-state index is 6.26. The summed E-state index contributed by atoms with van der Waals surface area (Å²) in [6, 6.07) is 26.5. The van der Waals surface area contributed by atoms with Gasteiger partial charge in [-0.25, -0.2) is 4.98 Å². The number of hydrogen-bond donors (Lipinski definition) is 0. The van der Waals surface area contributed by atoms with Crippen molar-refractivity contribution in [1.82, 2.24) is 9.55 Å². The molecule has 1 aromatic heterocycles. The first kappa shape index (κ1) is 15.7. The molecule has 4 aromatic rings. The molecule has 0 bridgehead atoms. The summed E-state index contributed by atoms with van der Waals surface area (Å²) in [5.74, 6) is 0.921. The zero-order chi connectivity index (χ0) is 17.1. The predicted octanol–water partition coefficient (Wildman–Crippen LogP) is 5.91. The lowest BCUT2D eigenvalue weighted by Gasteiger charge is -2.07. The lowest BCUT2D eigenvalue weighted by atomic mass is 10.2. The maximum absolute atomic E-state index is 6.26. The van der Waals surface area contributed by atoms with E-state index in [2.05, 4.69) is 34.9 Å². The Morgan fingerprint density at radius 1 is 0.800 bits per heavy atom. The minimum Gasteiger partial charge on any atom is -0.320 e. The summed E-state index contributed by atoms with van der Waals surface area (Å²) in [4.78, 5) is 4.79. The highest BCUT2D eigenvalue weighted by Gasteiger charge is 2.08. The Morgan fingerprint density at radius 3 is 2.36 bits per heavy atom. The Morgan fingerprint density at radius 2 is 1.52 bits per heavy atom. The van der Waals surface area contributed by atoms with Crippen LogP contribution in [0.2, 0.25) is 5.02 Å². The summed E-state index contributed by atoms with van der Waals surface area (Å²) < 4.78 is 2.23. The number of fused-ring (bicyclic) bond motifs is 1. The van der Waals surface area contributed by atoms with E-state index >= 15 is 0 Å². The van der Waals surface area contributed by atoms with Crippen molar-refractivity contribution < 1.29 is 0 Å². The number of imidazole rings is 1. The molecule has 0 amide bonds. The van der Waals surface area contributed by atoms with Gasteiger partial charge in [-0.15, -0.1) is 0 Å². The van der Waals surface area contributed by atoms with Crippen LogP contribution in [0.4, 0.5) is 0 Å². The van der Waals surface area contributed by atoms with Gasteiger partial charge >= 0.3 is 0 Å². The van der Waals surface area contributed by atoms with Gasteiger partial charge in [-0.3, -0.25) is 0 Å². The van der Waals surface area contributed by atoms with E-state index in [9.17, 15) is 0 Å². The molecular formula is C22H17ClN2. The quantitative estimate of drug-likeness (QED) is 0.450. The number of halogens is 1. The van der Waals surface area contributed by atoms with E-state index in [0.717, 1.165) is 34.0 Å². The Balaban J connectivity index is 1.78. The van der Waals surface area contributed by atoms with Gasteiger partial charge in [0.1, 0.15) is 5.82 Å². The molecule has 0 radical (unpaired) electrons. The molecule has 0 saturated carbocycles. The zero-order valence-corrected chi connectivity index (χ0v) is 14.4. The molecule has 4 rings (SSSR count). The first-order chi connectivity index (χ1) is 12.3. The summed E-state index contributed by atoms with van der Waals surface area (Å²) in [6.07, 6.45) is 4.05. The summed E-state index contributed by atoms with van der Waals surface area (Å²) in [5.41, 5.74) is 4.36. The van der Waals surface area contributed by atoms with E-state index in [1.807, 2.05) is 60.7 Å². The van der Waals surface area contributed by atoms with Crippen molar-refractivity contribution in [2.24, 2.45) is 0 Å². The molecule has 122 valence electrons. The van der Waals surface area contributed by atoms with Gasteiger partial charge in [0.25, 0.3) is 0 Å². The third kappa shape index (κ3) is 3.35. The van der Waals surface area contributed by atoms with Crippen molar-refractivity contribution in [3.05, 3.63) is 101 Å². The molecule has 2 nitrogen and oxygen atoms in total. The van der Waals surface area contributed by atoms with Crippen LogP contribution in [0.1, 0.15) is 17.0 Å². The van der Waals surface area contributed by atoms with Crippen molar-refractivity contribution in [1.29, 1.82) is 0 Å². The third-order valence-electron chi connectivity index (χ3n) is 4.18. The Hall–Kier alpha value is -2.84. The number of nitrogens with zero attached hydrogens (tertiary/aromatic N) is 2. The molecule has 0 atom stereocenters. The first-order valence-electron chi connectivity index (χ1n) is 8.23. The minimum atomic E-state index is 0.740. The van der Waals surface area contributed by atoms with Gasteiger partial charge in [-0.2, -0.15) is 0 Å². The van der Waals surface area contributed by atoms with Crippen LogP contribution in [-0.4, -0.2) is 9.55 Å². The zero-order valence-electron chi connectivity index (χ0n) is 13.6. The monoisotopic (exact) mass is 344 g/mol. The second-order valence-corrected chi connectivity index (χ2v) is 6.29. The fourth-order valence-corrected chi connectivity index (χ4v) is 3.13. The van der Waals surface area contributed by atoms with E-state index in [-0.39, 0.29) is 0 Å². The second kappa shape index (κ2) is 6.96. The molecule has 0 aliphatic heterocycles. The molecule has 0 unspecified atom stereocenters. The van der Waals surface area contributed by atoms with E-state index in [4.69, 9.17) is 16.6 Å². The van der Waals surface area contributed by atoms with Crippen molar-refractivity contribution >= 4 is 34.8 Å². The predicted molar refractivity (Wildman–Crippen MR) is 106 cm³/mol. The SMILES string of the molecule is Clc1ccccc1C=Cc1nc2ccccc2n1Cc1ccccc1. The average Bonchev–Trinajstić information content (AvgIpc) is 3.00. The van der Waals surface area contributed by atoms with Crippen LogP contribution in [0.5, 0.6) is 0 Å². The second-order valence-electron chi connectivity index (χ2n) is 5.89. The molecule has 0 fully saturated rings. The van der Waals surface area contributed by atoms with E-state index in [1.165, 1.54) is 5.56 Å². The van der Waals surface area contributed by atoms with Gasteiger partial charge in [0.2, 0.25) is 0 Å². The fraction of sp³-hybridized carbons (Fsp3) is 0.0455. The lowest BCUT2D eigenvalue weighted by molar-refractivity contribution is 0.814.